The Bertz CT molecular complexity index is 860. The number of ether oxygens (including phenoxy) is 1. The molecule has 0 radical (unpaired) electrons. The fourth-order valence-electron chi connectivity index (χ4n) is 2.48. The molecular formula is C17H15F2N3O2. The molecule has 124 valence electrons. The van der Waals surface area contributed by atoms with Crippen molar-refractivity contribution in [2.75, 3.05) is 19.0 Å². The lowest BCUT2D eigenvalue weighted by Crippen LogP contribution is -2.16. The summed E-state index contributed by atoms with van der Waals surface area (Å²) in [7, 11) is 1.43. The van der Waals surface area contributed by atoms with Crippen molar-refractivity contribution < 1.29 is 18.3 Å². The lowest BCUT2D eigenvalue weighted by atomic mass is 10.2. The van der Waals surface area contributed by atoms with Crippen LogP contribution >= 0.6 is 0 Å². The summed E-state index contributed by atoms with van der Waals surface area (Å²) in [5.74, 6) is -0.106. The van der Waals surface area contributed by atoms with E-state index in [1.165, 1.54) is 7.11 Å². The summed E-state index contributed by atoms with van der Waals surface area (Å²) in [5, 5.41) is 2.65. The fraction of sp³-hybridized carbons (Fsp3) is 0.176. The van der Waals surface area contributed by atoms with Crippen LogP contribution in [0.2, 0.25) is 0 Å². The summed E-state index contributed by atoms with van der Waals surface area (Å²) in [6.45, 7) is -2.75. The quantitative estimate of drug-likeness (QED) is 0.776. The SMILES string of the molecule is COCC(=O)Nc1ccc(-c2nc3ccccc3n2C(F)F)cc1. The number of rotatable bonds is 5. The highest BCUT2D eigenvalue weighted by Crippen LogP contribution is 2.30. The Morgan fingerprint density at radius 3 is 2.58 bits per heavy atom. The molecule has 5 nitrogen and oxygen atoms in total. The second-order valence-electron chi connectivity index (χ2n) is 5.13. The first-order chi connectivity index (χ1) is 11.6. The number of nitrogens with zero attached hydrogens (tertiary/aromatic N) is 2. The van der Waals surface area contributed by atoms with Gasteiger partial charge < -0.3 is 10.1 Å². The van der Waals surface area contributed by atoms with Crippen LogP contribution in [-0.2, 0) is 9.53 Å². The highest BCUT2D eigenvalue weighted by molar-refractivity contribution is 5.92. The minimum atomic E-state index is -2.70. The van der Waals surface area contributed by atoms with Crippen LogP contribution < -0.4 is 5.32 Å². The van der Waals surface area contributed by atoms with Gasteiger partial charge in [0, 0.05) is 18.4 Å². The number of methoxy groups -OCH3 is 1. The average molecular weight is 331 g/mol. The molecule has 1 aromatic heterocycles. The first-order valence-corrected chi connectivity index (χ1v) is 7.24. The number of alkyl halides is 2. The first-order valence-electron chi connectivity index (χ1n) is 7.24. The third-order valence-electron chi connectivity index (χ3n) is 3.49. The summed E-state index contributed by atoms with van der Waals surface area (Å²) >= 11 is 0. The molecule has 1 amide bonds. The van der Waals surface area contributed by atoms with E-state index in [2.05, 4.69) is 10.3 Å². The Balaban J connectivity index is 1.96. The van der Waals surface area contributed by atoms with E-state index in [1.54, 1.807) is 48.5 Å². The maximum atomic E-state index is 13.5. The van der Waals surface area contributed by atoms with Crippen LogP contribution in [0.15, 0.2) is 48.5 Å². The standard InChI is InChI=1S/C17H15F2N3O2/c1-24-10-15(23)20-12-8-6-11(7-9-12)16-21-13-4-2-3-5-14(13)22(16)17(18)19/h2-9,17H,10H2,1H3,(H,20,23). The molecule has 0 aliphatic heterocycles. The summed E-state index contributed by atoms with van der Waals surface area (Å²) in [6, 6.07) is 13.3. The summed E-state index contributed by atoms with van der Waals surface area (Å²) < 4.78 is 32.6. The number of carbonyl (C=O) groups excluding carboxylic acids is 1. The largest absolute Gasteiger partial charge is 0.375 e. The van der Waals surface area contributed by atoms with Crippen LogP contribution in [0.4, 0.5) is 14.5 Å². The van der Waals surface area contributed by atoms with Crippen LogP contribution in [0.1, 0.15) is 6.55 Å². The Morgan fingerprint density at radius 1 is 1.21 bits per heavy atom. The highest BCUT2D eigenvalue weighted by atomic mass is 19.3. The number of carbonyl (C=O) groups is 1. The van der Waals surface area contributed by atoms with Crippen molar-refractivity contribution in [1.29, 1.82) is 0 Å². The predicted molar refractivity (Wildman–Crippen MR) is 86.9 cm³/mol. The Hall–Kier alpha value is -2.80. The average Bonchev–Trinajstić information content (AvgIpc) is 2.95. The second kappa shape index (κ2) is 6.76. The first kappa shape index (κ1) is 16.1. The summed E-state index contributed by atoms with van der Waals surface area (Å²) in [5.41, 5.74) is 1.97. The molecule has 2 aromatic carbocycles. The number of para-hydroxylation sites is 2. The number of aromatic nitrogens is 2. The van der Waals surface area contributed by atoms with Crippen LogP contribution in [0.25, 0.3) is 22.4 Å². The molecule has 0 saturated carbocycles. The smallest absolute Gasteiger partial charge is 0.320 e. The number of halogens is 2. The molecule has 0 atom stereocenters. The zero-order valence-corrected chi connectivity index (χ0v) is 12.9. The molecule has 0 aliphatic rings. The van der Waals surface area contributed by atoms with Gasteiger partial charge in [0.25, 0.3) is 0 Å². The number of amides is 1. The van der Waals surface area contributed by atoms with E-state index in [-0.39, 0.29) is 18.3 Å². The van der Waals surface area contributed by atoms with E-state index in [4.69, 9.17) is 4.74 Å². The molecule has 1 N–H and O–H groups in total. The minimum absolute atomic E-state index is 0.0526. The molecule has 0 spiro atoms. The molecular weight excluding hydrogens is 316 g/mol. The molecule has 0 unspecified atom stereocenters. The number of hydrogen-bond acceptors (Lipinski definition) is 3. The van der Waals surface area contributed by atoms with Gasteiger partial charge in [-0.05, 0) is 36.4 Å². The molecule has 3 aromatic rings. The van der Waals surface area contributed by atoms with Crippen LogP contribution in [0.3, 0.4) is 0 Å². The van der Waals surface area contributed by atoms with Crippen molar-refractivity contribution >= 4 is 22.6 Å². The van der Waals surface area contributed by atoms with Gasteiger partial charge in [0.1, 0.15) is 12.4 Å². The maximum Gasteiger partial charge on any atom is 0.320 e. The van der Waals surface area contributed by atoms with Gasteiger partial charge in [-0.3, -0.25) is 9.36 Å². The fourth-order valence-corrected chi connectivity index (χ4v) is 2.48. The summed E-state index contributed by atoms with van der Waals surface area (Å²) in [4.78, 5) is 15.8. The van der Waals surface area contributed by atoms with E-state index in [9.17, 15) is 13.6 Å². The van der Waals surface area contributed by atoms with Crippen molar-refractivity contribution in [2.45, 2.75) is 6.55 Å². The predicted octanol–water partition coefficient (Wildman–Crippen LogP) is 3.68. The second-order valence-corrected chi connectivity index (χ2v) is 5.13. The Morgan fingerprint density at radius 2 is 1.92 bits per heavy atom. The van der Waals surface area contributed by atoms with Crippen molar-refractivity contribution in [2.24, 2.45) is 0 Å². The molecule has 1 heterocycles. The third-order valence-corrected chi connectivity index (χ3v) is 3.49. The molecule has 0 bridgehead atoms. The monoisotopic (exact) mass is 331 g/mol. The number of hydrogen-bond donors (Lipinski definition) is 1. The molecule has 0 saturated heterocycles. The van der Waals surface area contributed by atoms with Gasteiger partial charge in [0.15, 0.2) is 0 Å². The number of benzene rings is 2. The van der Waals surface area contributed by atoms with Crippen molar-refractivity contribution in [3.63, 3.8) is 0 Å². The third kappa shape index (κ3) is 3.11. The lowest BCUT2D eigenvalue weighted by Gasteiger charge is -2.09. The number of nitrogens with one attached hydrogen (secondary N) is 1. The van der Waals surface area contributed by atoms with E-state index in [0.717, 1.165) is 4.57 Å². The highest BCUT2D eigenvalue weighted by Gasteiger charge is 2.18. The van der Waals surface area contributed by atoms with E-state index in [0.29, 0.717) is 22.3 Å². The van der Waals surface area contributed by atoms with Crippen LogP contribution in [0.5, 0.6) is 0 Å². The van der Waals surface area contributed by atoms with Gasteiger partial charge in [0.05, 0.1) is 11.0 Å². The zero-order chi connectivity index (χ0) is 17.1. The Kier molecular flexibility index (Phi) is 4.52. The van der Waals surface area contributed by atoms with Crippen LogP contribution in [0, 0.1) is 0 Å². The van der Waals surface area contributed by atoms with Gasteiger partial charge in [0.2, 0.25) is 5.91 Å². The molecule has 0 aliphatic carbocycles. The lowest BCUT2D eigenvalue weighted by molar-refractivity contribution is -0.119. The maximum absolute atomic E-state index is 13.5. The molecule has 7 heteroatoms. The van der Waals surface area contributed by atoms with Gasteiger partial charge >= 0.3 is 6.55 Å². The number of imidazole rings is 1. The van der Waals surface area contributed by atoms with Gasteiger partial charge in [-0.25, -0.2) is 4.98 Å². The minimum Gasteiger partial charge on any atom is -0.375 e. The van der Waals surface area contributed by atoms with Crippen LogP contribution in [-0.4, -0.2) is 29.2 Å². The molecule has 3 rings (SSSR count). The van der Waals surface area contributed by atoms with Crippen molar-refractivity contribution in [1.82, 2.24) is 9.55 Å². The topological polar surface area (TPSA) is 56.1 Å². The van der Waals surface area contributed by atoms with Gasteiger partial charge in [-0.2, -0.15) is 8.78 Å². The van der Waals surface area contributed by atoms with E-state index >= 15 is 0 Å². The molecule has 0 fully saturated rings. The number of fused-ring (bicyclic) bond motifs is 1. The molecule has 24 heavy (non-hydrogen) atoms. The summed E-state index contributed by atoms with van der Waals surface area (Å²) in [6.07, 6.45) is 0. The Labute approximate surface area is 136 Å². The van der Waals surface area contributed by atoms with Crippen molar-refractivity contribution in [3.05, 3.63) is 48.5 Å². The van der Waals surface area contributed by atoms with Crippen molar-refractivity contribution in [3.8, 4) is 11.4 Å². The zero-order valence-electron chi connectivity index (χ0n) is 12.9. The van der Waals surface area contributed by atoms with E-state index in [1.807, 2.05) is 0 Å². The van der Waals surface area contributed by atoms with E-state index < -0.39 is 6.55 Å². The van der Waals surface area contributed by atoms with Gasteiger partial charge in [-0.15, -0.1) is 0 Å². The number of anilines is 1. The normalized spacial score (nSPS) is 11.2. The van der Waals surface area contributed by atoms with Gasteiger partial charge in [-0.1, -0.05) is 12.1 Å².